The molecule has 2 nitrogen and oxygen atoms in total. The predicted octanol–water partition coefficient (Wildman–Crippen LogP) is 3.54. The van der Waals surface area contributed by atoms with E-state index in [-0.39, 0.29) is 0 Å². The van der Waals surface area contributed by atoms with Crippen molar-refractivity contribution in [3.8, 4) is 0 Å². The van der Waals surface area contributed by atoms with Gasteiger partial charge >= 0.3 is 0 Å². The molecule has 0 saturated heterocycles. The van der Waals surface area contributed by atoms with Gasteiger partial charge in [-0.3, -0.25) is 4.68 Å². The van der Waals surface area contributed by atoms with Gasteiger partial charge in [-0.1, -0.05) is 12.8 Å². The molecular formula is C13H21ClN2. The van der Waals surface area contributed by atoms with Crippen LogP contribution < -0.4 is 0 Å². The maximum atomic E-state index is 6.44. The maximum Gasteiger partial charge on any atom is 0.0492 e. The van der Waals surface area contributed by atoms with Crippen molar-refractivity contribution in [2.45, 2.75) is 50.3 Å². The van der Waals surface area contributed by atoms with Crippen molar-refractivity contribution >= 4 is 11.6 Å². The molecule has 90 valence electrons. The molecule has 0 amide bonds. The smallest absolute Gasteiger partial charge is 0.0492 e. The highest BCUT2D eigenvalue weighted by Gasteiger charge is 2.22. The van der Waals surface area contributed by atoms with E-state index in [4.69, 9.17) is 11.6 Å². The van der Waals surface area contributed by atoms with Gasteiger partial charge in [0.1, 0.15) is 0 Å². The molecule has 1 atom stereocenters. The highest BCUT2D eigenvalue weighted by molar-refractivity contribution is 6.20. The van der Waals surface area contributed by atoms with Crippen molar-refractivity contribution in [3.05, 3.63) is 18.0 Å². The van der Waals surface area contributed by atoms with Gasteiger partial charge in [-0.2, -0.15) is 5.10 Å². The Hall–Kier alpha value is -0.500. The molecule has 0 spiro atoms. The lowest BCUT2D eigenvalue weighted by Gasteiger charge is -2.16. The van der Waals surface area contributed by atoms with Crippen molar-refractivity contribution in [3.63, 3.8) is 0 Å². The molecule has 1 fully saturated rings. The van der Waals surface area contributed by atoms with E-state index in [1.54, 1.807) is 0 Å². The Morgan fingerprint density at radius 2 is 2.25 bits per heavy atom. The molecule has 16 heavy (non-hydrogen) atoms. The lowest BCUT2D eigenvalue weighted by atomic mass is 9.99. The number of hydrogen-bond acceptors (Lipinski definition) is 1. The monoisotopic (exact) mass is 240 g/mol. The molecule has 1 aromatic heterocycles. The summed E-state index contributed by atoms with van der Waals surface area (Å²) in [5.41, 5.74) is 1.32. The highest BCUT2D eigenvalue weighted by atomic mass is 35.5. The zero-order chi connectivity index (χ0) is 11.4. The van der Waals surface area contributed by atoms with Crippen LogP contribution in [0.4, 0.5) is 0 Å². The maximum absolute atomic E-state index is 6.44. The molecule has 0 N–H and O–H groups in total. The molecule has 2 rings (SSSR count). The summed E-state index contributed by atoms with van der Waals surface area (Å²) in [5, 5.41) is 4.57. The van der Waals surface area contributed by atoms with Crippen LogP contribution in [-0.2, 0) is 13.5 Å². The summed E-state index contributed by atoms with van der Waals surface area (Å²) >= 11 is 6.44. The normalized spacial score (nSPS) is 19.1. The average molecular weight is 241 g/mol. The van der Waals surface area contributed by atoms with E-state index in [1.165, 1.54) is 37.8 Å². The Bertz CT molecular complexity index is 315. The molecule has 3 heteroatoms. The van der Waals surface area contributed by atoms with E-state index in [0.717, 1.165) is 18.8 Å². The molecule has 1 unspecified atom stereocenters. The van der Waals surface area contributed by atoms with Gasteiger partial charge in [0.25, 0.3) is 0 Å². The van der Waals surface area contributed by atoms with Gasteiger partial charge in [-0.15, -0.1) is 11.6 Å². The molecule has 1 saturated carbocycles. The number of hydrogen-bond donors (Lipinski definition) is 0. The highest BCUT2D eigenvalue weighted by Crippen LogP contribution is 2.32. The number of aryl methyl sites for hydroxylation is 2. The quantitative estimate of drug-likeness (QED) is 0.720. The number of alkyl halides is 1. The van der Waals surface area contributed by atoms with E-state index in [2.05, 4.69) is 11.2 Å². The molecule has 0 aromatic carbocycles. The van der Waals surface area contributed by atoms with Crippen molar-refractivity contribution in [1.29, 1.82) is 0 Å². The van der Waals surface area contributed by atoms with Crippen molar-refractivity contribution < 1.29 is 0 Å². The van der Waals surface area contributed by atoms with E-state index < -0.39 is 0 Å². The first-order chi connectivity index (χ1) is 7.77. The van der Waals surface area contributed by atoms with Crippen molar-refractivity contribution in [2.24, 2.45) is 13.0 Å². The van der Waals surface area contributed by atoms with Crippen LogP contribution in [0.3, 0.4) is 0 Å². The van der Waals surface area contributed by atoms with Gasteiger partial charge < -0.3 is 0 Å². The Morgan fingerprint density at radius 3 is 2.88 bits per heavy atom. The van der Waals surface area contributed by atoms with Crippen LogP contribution in [0.5, 0.6) is 0 Å². The number of aromatic nitrogens is 2. The summed E-state index contributed by atoms with van der Waals surface area (Å²) in [6, 6.07) is 2.10. The fraction of sp³-hybridized carbons (Fsp3) is 0.769. The fourth-order valence-electron chi connectivity index (χ4n) is 2.68. The summed E-state index contributed by atoms with van der Waals surface area (Å²) in [7, 11) is 2.00. The minimum Gasteiger partial charge on any atom is -0.273 e. The van der Waals surface area contributed by atoms with E-state index in [0.29, 0.717) is 5.38 Å². The zero-order valence-corrected chi connectivity index (χ0v) is 10.8. The number of halogens is 1. The molecule has 0 bridgehead atoms. The summed E-state index contributed by atoms with van der Waals surface area (Å²) < 4.78 is 1.96. The van der Waals surface area contributed by atoms with Crippen LogP contribution in [-0.4, -0.2) is 15.2 Å². The Balaban J connectivity index is 1.69. The lowest BCUT2D eigenvalue weighted by Crippen LogP contribution is -2.11. The van der Waals surface area contributed by atoms with Gasteiger partial charge in [0, 0.05) is 24.3 Å². The molecule has 1 aromatic rings. The third kappa shape index (κ3) is 3.00. The molecular weight excluding hydrogens is 220 g/mol. The Morgan fingerprint density at radius 1 is 1.50 bits per heavy atom. The van der Waals surface area contributed by atoms with Gasteiger partial charge in [0.2, 0.25) is 0 Å². The van der Waals surface area contributed by atoms with Crippen LogP contribution in [0.25, 0.3) is 0 Å². The van der Waals surface area contributed by atoms with Gasteiger partial charge in [0.15, 0.2) is 0 Å². The summed E-state index contributed by atoms with van der Waals surface area (Å²) in [4.78, 5) is 0. The first-order valence-corrected chi connectivity index (χ1v) is 6.82. The van der Waals surface area contributed by atoms with Gasteiger partial charge in [-0.05, 0) is 44.1 Å². The third-order valence-corrected chi connectivity index (χ3v) is 4.32. The number of nitrogens with zero attached hydrogens (tertiary/aromatic N) is 2. The Kier molecular flexibility index (Phi) is 4.28. The van der Waals surface area contributed by atoms with Crippen LogP contribution in [0, 0.1) is 5.92 Å². The standard InChI is InChI=1S/C13H21ClN2/c1-16-12(9-10-15-16)7-4-8-13(14)11-5-2-3-6-11/h9-11,13H,2-8H2,1H3. The molecule has 0 radical (unpaired) electrons. The first-order valence-electron chi connectivity index (χ1n) is 6.38. The average Bonchev–Trinajstić information content (AvgIpc) is 2.90. The first kappa shape index (κ1) is 12.0. The van der Waals surface area contributed by atoms with Crippen LogP contribution in [0.1, 0.15) is 44.2 Å². The zero-order valence-electron chi connectivity index (χ0n) is 10.0. The predicted molar refractivity (Wildman–Crippen MR) is 67.7 cm³/mol. The van der Waals surface area contributed by atoms with Crippen LogP contribution >= 0.6 is 11.6 Å². The Labute approximate surface area is 103 Å². The van der Waals surface area contributed by atoms with Gasteiger partial charge in [0.05, 0.1) is 0 Å². The molecule has 1 heterocycles. The lowest BCUT2D eigenvalue weighted by molar-refractivity contribution is 0.479. The topological polar surface area (TPSA) is 17.8 Å². The van der Waals surface area contributed by atoms with Crippen molar-refractivity contribution in [1.82, 2.24) is 9.78 Å². The van der Waals surface area contributed by atoms with E-state index in [9.17, 15) is 0 Å². The van der Waals surface area contributed by atoms with Gasteiger partial charge in [-0.25, -0.2) is 0 Å². The van der Waals surface area contributed by atoms with Crippen LogP contribution in [0.2, 0.25) is 0 Å². The SMILES string of the molecule is Cn1nccc1CCCC(Cl)C1CCCC1. The molecule has 1 aliphatic carbocycles. The van der Waals surface area contributed by atoms with E-state index in [1.807, 2.05) is 17.9 Å². The molecule has 1 aliphatic rings. The second kappa shape index (κ2) is 5.72. The second-order valence-electron chi connectivity index (χ2n) is 4.90. The van der Waals surface area contributed by atoms with E-state index >= 15 is 0 Å². The summed E-state index contributed by atoms with van der Waals surface area (Å²) in [5.74, 6) is 0.785. The number of rotatable bonds is 5. The fourth-order valence-corrected chi connectivity index (χ4v) is 3.09. The summed E-state index contributed by atoms with van der Waals surface area (Å²) in [6.45, 7) is 0. The third-order valence-electron chi connectivity index (χ3n) is 3.75. The van der Waals surface area contributed by atoms with Crippen molar-refractivity contribution in [2.75, 3.05) is 0 Å². The van der Waals surface area contributed by atoms with Crippen LogP contribution in [0.15, 0.2) is 12.3 Å². The largest absolute Gasteiger partial charge is 0.273 e. The minimum absolute atomic E-state index is 0.399. The molecule has 0 aliphatic heterocycles. The minimum atomic E-state index is 0.399. The second-order valence-corrected chi connectivity index (χ2v) is 5.46. The summed E-state index contributed by atoms with van der Waals surface area (Å²) in [6.07, 6.45) is 10.8.